The highest BCUT2D eigenvalue weighted by molar-refractivity contribution is 7.89. The van der Waals surface area contributed by atoms with Gasteiger partial charge in [0.15, 0.2) is 0 Å². The van der Waals surface area contributed by atoms with Crippen LogP contribution in [-0.2, 0) is 26.0 Å². The number of ether oxygens (including phenoxy) is 1. The van der Waals surface area contributed by atoms with Crippen molar-refractivity contribution in [3.8, 4) is 0 Å². The summed E-state index contributed by atoms with van der Waals surface area (Å²) in [4.78, 5) is 29.8. The fourth-order valence-electron chi connectivity index (χ4n) is 3.98. The monoisotopic (exact) mass is 433 g/mol. The lowest BCUT2D eigenvalue weighted by Gasteiger charge is -2.25. The van der Waals surface area contributed by atoms with Gasteiger partial charge in [0.1, 0.15) is 10.5 Å². The van der Waals surface area contributed by atoms with Crippen LogP contribution in [0.1, 0.15) is 41.2 Å². The van der Waals surface area contributed by atoms with Crippen molar-refractivity contribution in [2.24, 2.45) is 0 Å². The number of nitrogens with one attached hydrogen (secondary N) is 1. The van der Waals surface area contributed by atoms with Gasteiger partial charge in [0, 0.05) is 30.2 Å². The number of carbonyl (C=O) groups is 2. The van der Waals surface area contributed by atoms with Crippen LogP contribution in [0.25, 0.3) is 0 Å². The fraction of sp³-hybridized carbons (Fsp3) is 0.429. The summed E-state index contributed by atoms with van der Waals surface area (Å²) in [5.41, 5.74) is 2.59. The molecule has 3 rings (SSSR count). The number of aryl methyl sites for hydroxylation is 2. The van der Waals surface area contributed by atoms with Crippen molar-refractivity contribution < 1.29 is 22.7 Å². The SMILES string of the molecule is CCOC(=O)c1c(C)[nH]c(C)c1S(=O)(=O)N(C)CC(=O)N1c2ccccc2C[C@@H]1C. The third kappa shape index (κ3) is 3.75. The number of aromatic amines is 1. The Morgan fingerprint density at radius 2 is 1.90 bits per heavy atom. The third-order valence-electron chi connectivity index (χ3n) is 5.30. The number of H-pyrrole nitrogens is 1. The summed E-state index contributed by atoms with van der Waals surface area (Å²) in [6.07, 6.45) is 0.724. The number of likely N-dealkylation sites (N-methyl/N-ethyl adjacent to an activating group) is 1. The van der Waals surface area contributed by atoms with Crippen LogP contribution in [0.15, 0.2) is 29.2 Å². The molecular weight excluding hydrogens is 406 g/mol. The minimum Gasteiger partial charge on any atom is -0.462 e. The van der Waals surface area contributed by atoms with Gasteiger partial charge >= 0.3 is 5.97 Å². The Bertz CT molecular complexity index is 1090. The first-order valence-electron chi connectivity index (χ1n) is 9.82. The molecule has 9 heteroatoms. The van der Waals surface area contributed by atoms with Gasteiger partial charge in [0.25, 0.3) is 0 Å². The predicted octanol–water partition coefficient (Wildman–Crippen LogP) is 2.41. The molecule has 0 saturated heterocycles. The second-order valence-corrected chi connectivity index (χ2v) is 9.49. The number of rotatable bonds is 6. The van der Waals surface area contributed by atoms with Crippen LogP contribution in [0.3, 0.4) is 0 Å². The first-order chi connectivity index (χ1) is 14.1. The number of sulfonamides is 1. The number of esters is 1. The summed E-state index contributed by atoms with van der Waals surface area (Å²) in [7, 11) is -2.76. The molecule has 0 bridgehead atoms. The van der Waals surface area contributed by atoms with Gasteiger partial charge in [-0.25, -0.2) is 13.2 Å². The van der Waals surface area contributed by atoms with E-state index in [1.807, 2.05) is 31.2 Å². The van der Waals surface area contributed by atoms with E-state index in [1.54, 1.807) is 25.7 Å². The number of hydrogen-bond acceptors (Lipinski definition) is 5. The average Bonchev–Trinajstić information content (AvgIpc) is 3.16. The molecule has 0 aliphatic carbocycles. The second-order valence-electron chi connectivity index (χ2n) is 7.51. The van der Waals surface area contributed by atoms with E-state index < -0.39 is 16.0 Å². The number of hydrogen-bond donors (Lipinski definition) is 1. The average molecular weight is 434 g/mol. The molecule has 0 saturated carbocycles. The fourth-order valence-corrected chi connectivity index (χ4v) is 5.51. The Morgan fingerprint density at radius 3 is 2.57 bits per heavy atom. The zero-order valence-electron chi connectivity index (χ0n) is 17.9. The molecule has 162 valence electrons. The molecule has 1 aliphatic rings. The van der Waals surface area contributed by atoms with E-state index in [0.717, 1.165) is 22.0 Å². The summed E-state index contributed by atoms with van der Waals surface area (Å²) in [5.74, 6) is -1.03. The molecule has 2 aromatic rings. The van der Waals surface area contributed by atoms with E-state index in [2.05, 4.69) is 4.98 Å². The number of aromatic nitrogens is 1. The van der Waals surface area contributed by atoms with Crippen molar-refractivity contribution in [1.82, 2.24) is 9.29 Å². The zero-order chi connectivity index (χ0) is 22.2. The van der Waals surface area contributed by atoms with Crippen LogP contribution >= 0.6 is 0 Å². The van der Waals surface area contributed by atoms with Gasteiger partial charge in [0.05, 0.1) is 13.2 Å². The van der Waals surface area contributed by atoms with Crippen molar-refractivity contribution in [1.29, 1.82) is 0 Å². The van der Waals surface area contributed by atoms with Crippen molar-refractivity contribution in [3.05, 3.63) is 46.8 Å². The van der Waals surface area contributed by atoms with Gasteiger partial charge in [-0.2, -0.15) is 4.31 Å². The Morgan fingerprint density at radius 1 is 1.23 bits per heavy atom. The van der Waals surface area contributed by atoms with E-state index in [1.165, 1.54) is 7.05 Å². The smallest absolute Gasteiger partial charge is 0.341 e. The molecule has 2 heterocycles. The van der Waals surface area contributed by atoms with Crippen LogP contribution in [0.4, 0.5) is 5.69 Å². The summed E-state index contributed by atoms with van der Waals surface area (Å²) < 4.78 is 32.6. The lowest BCUT2D eigenvalue weighted by atomic mass is 10.1. The maximum absolute atomic E-state index is 13.3. The van der Waals surface area contributed by atoms with E-state index >= 15 is 0 Å². The molecule has 0 fully saturated rings. The van der Waals surface area contributed by atoms with Crippen LogP contribution < -0.4 is 4.90 Å². The molecule has 0 unspecified atom stereocenters. The van der Waals surface area contributed by atoms with Crippen molar-refractivity contribution in [2.75, 3.05) is 25.1 Å². The molecule has 1 amide bonds. The lowest BCUT2D eigenvalue weighted by molar-refractivity contribution is -0.118. The molecule has 30 heavy (non-hydrogen) atoms. The summed E-state index contributed by atoms with van der Waals surface area (Å²) in [5, 5.41) is 0. The molecule has 8 nitrogen and oxygen atoms in total. The van der Waals surface area contributed by atoms with E-state index in [9.17, 15) is 18.0 Å². The van der Waals surface area contributed by atoms with Crippen molar-refractivity contribution in [2.45, 2.75) is 45.1 Å². The van der Waals surface area contributed by atoms with Gasteiger partial charge in [-0.15, -0.1) is 0 Å². The molecule has 1 aromatic carbocycles. The molecule has 1 aromatic heterocycles. The Labute approximate surface area is 176 Å². The van der Waals surface area contributed by atoms with Gasteiger partial charge in [-0.1, -0.05) is 18.2 Å². The predicted molar refractivity (Wildman–Crippen MR) is 113 cm³/mol. The Kier molecular flexibility index (Phi) is 6.05. The Balaban J connectivity index is 1.90. The maximum atomic E-state index is 13.3. The number of anilines is 1. The summed E-state index contributed by atoms with van der Waals surface area (Å²) >= 11 is 0. The molecule has 1 N–H and O–H groups in total. The van der Waals surface area contributed by atoms with Crippen LogP contribution in [0.2, 0.25) is 0 Å². The minimum atomic E-state index is -4.11. The van der Waals surface area contributed by atoms with E-state index in [0.29, 0.717) is 11.4 Å². The zero-order valence-corrected chi connectivity index (χ0v) is 18.7. The quantitative estimate of drug-likeness (QED) is 0.705. The number of fused-ring (bicyclic) bond motifs is 1. The van der Waals surface area contributed by atoms with E-state index in [-0.39, 0.29) is 35.6 Å². The molecule has 0 radical (unpaired) electrons. The first kappa shape index (κ1) is 22.0. The van der Waals surface area contributed by atoms with Crippen molar-refractivity contribution in [3.63, 3.8) is 0 Å². The highest BCUT2D eigenvalue weighted by Gasteiger charge is 2.36. The summed E-state index contributed by atoms with van der Waals surface area (Å²) in [6, 6.07) is 7.55. The molecule has 1 atom stereocenters. The summed E-state index contributed by atoms with van der Waals surface area (Å²) in [6.45, 7) is 6.57. The molecule has 1 aliphatic heterocycles. The second kappa shape index (κ2) is 8.23. The Hall–Kier alpha value is -2.65. The number of amides is 1. The topological polar surface area (TPSA) is 99.8 Å². The van der Waals surface area contributed by atoms with E-state index in [4.69, 9.17) is 4.74 Å². The number of nitrogens with zero attached hydrogens (tertiary/aromatic N) is 2. The van der Waals surface area contributed by atoms with Gasteiger partial charge in [-0.3, -0.25) is 4.79 Å². The largest absolute Gasteiger partial charge is 0.462 e. The first-order valence-corrected chi connectivity index (χ1v) is 11.3. The molecule has 0 spiro atoms. The van der Waals surface area contributed by atoms with Crippen LogP contribution in [0, 0.1) is 13.8 Å². The van der Waals surface area contributed by atoms with Crippen LogP contribution in [-0.4, -0.2) is 55.8 Å². The highest BCUT2D eigenvalue weighted by Crippen LogP contribution is 2.32. The van der Waals surface area contributed by atoms with Crippen molar-refractivity contribution >= 4 is 27.6 Å². The van der Waals surface area contributed by atoms with Crippen LogP contribution in [0.5, 0.6) is 0 Å². The highest BCUT2D eigenvalue weighted by atomic mass is 32.2. The standard InChI is InChI=1S/C21H27N3O5S/c1-6-29-21(26)19-14(3)22-15(4)20(19)30(27,28)23(5)12-18(25)24-13(2)11-16-9-7-8-10-17(16)24/h7-10,13,22H,6,11-12H2,1-5H3/t13-/m0/s1. The number of carbonyl (C=O) groups excluding carboxylic acids is 2. The number of benzene rings is 1. The minimum absolute atomic E-state index is 0.0199. The number of para-hydroxylation sites is 1. The van der Waals surface area contributed by atoms with Gasteiger partial charge in [-0.05, 0) is 45.7 Å². The normalized spacial score (nSPS) is 16.1. The van der Waals surface area contributed by atoms with Gasteiger partial charge < -0.3 is 14.6 Å². The lowest BCUT2D eigenvalue weighted by Crippen LogP contribution is -2.43. The third-order valence-corrected chi connectivity index (χ3v) is 7.28. The molecular formula is C21H27N3O5S. The van der Waals surface area contributed by atoms with Gasteiger partial charge in [0.2, 0.25) is 15.9 Å². The maximum Gasteiger partial charge on any atom is 0.341 e.